The van der Waals surface area contributed by atoms with Gasteiger partial charge in [0.2, 0.25) is 11.6 Å². The predicted molar refractivity (Wildman–Crippen MR) is 73.3 cm³/mol. The van der Waals surface area contributed by atoms with Crippen LogP contribution in [0.5, 0.6) is 0 Å². The van der Waals surface area contributed by atoms with Gasteiger partial charge in [0.15, 0.2) is 5.69 Å². The van der Waals surface area contributed by atoms with Crippen LogP contribution in [-0.2, 0) is 6.54 Å². The van der Waals surface area contributed by atoms with E-state index in [1.807, 2.05) is 17.2 Å². The van der Waals surface area contributed by atoms with Crippen LogP contribution in [0.1, 0.15) is 23.1 Å². The molecule has 120 valence electrons. The molecule has 0 aliphatic heterocycles. The summed E-state index contributed by atoms with van der Waals surface area (Å²) in [5.41, 5.74) is 8.08. The number of rotatable bonds is 7. The molecule has 0 aromatic carbocycles. The fourth-order valence-electron chi connectivity index (χ4n) is 1.90. The molecule has 1 amide bonds. The summed E-state index contributed by atoms with van der Waals surface area (Å²) in [6.07, 6.45) is 0. The zero-order chi connectivity index (χ0) is 16.1. The van der Waals surface area contributed by atoms with Crippen molar-refractivity contribution in [2.24, 2.45) is 5.84 Å². The number of aromatic nitrogens is 5. The Morgan fingerprint density at radius 3 is 2.82 bits per heavy atom. The van der Waals surface area contributed by atoms with Crippen molar-refractivity contribution in [3.8, 4) is 5.82 Å². The van der Waals surface area contributed by atoms with Crippen LogP contribution in [-0.4, -0.2) is 60.9 Å². The smallest absolute Gasteiger partial charge is 0.287 e. The van der Waals surface area contributed by atoms with Crippen LogP contribution in [0, 0.1) is 0 Å². The number of nitrogens with two attached hydrogens (primary N) is 2. The van der Waals surface area contributed by atoms with Crippen LogP contribution < -0.4 is 17.0 Å². The SMILES string of the molecule is CCN(CCO)Cc1c(C(=O)NN)nnn1-c1nonc1N. The van der Waals surface area contributed by atoms with Crippen LogP contribution in [0.25, 0.3) is 5.82 Å². The Morgan fingerprint density at radius 2 is 2.27 bits per heavy atom. The summed E-state index contributed by atoms with van der Waals surface area (Å²) in [5, 5.41) is 23.8. The molecule has 22 heavy (non-hydrogen) atoms. The highest BCUT2D eigenvalue weighted by Gasteiger charge is 2.24. The number of nitrogens with one attached hydrogen (secondary N) is 1. The number of anilines is 1. The van der Waals surface area contributed by atoms with E-state index in [4.69, 9.17) is 16.7 Å². The van der Waals surface area contributed by atoms with Gasteiger partial charge in [-0.2, -0.15) is 4.68 Å². The summed E-state index contributed by atoms with van der Waals surface area (Å²) in [5.74, 6) is 4.68. The zero-order valence-electron chi connectivity index (χ0n) is 11.9. The Balaban J connectivity index is 2.44. The molecule has 0 aliphatic carbocycles. The van der Waals surface area contributed by atoms with Gasteiger partial charge in [-0.15, -0.1) is 5.10 Å². The molecule has 0 saturated carbocycles. The minimum atomic E-state index is -0.601. The topological polar surface area (TPSA) is 174 Å². The van der Waals surface area contributed by atoms with Crippen LogP contribution >= 0.6 is 0 Å². The Hall–Kier alpha value is -2.57. The van der Waals surface area contributed by atoms with Gasteiger partial charge in [0.25, 0.3) is 5.91 Å². The summed E-state index contributed by atoms with van der Waals surface area (Å²) >= 11 is 0. The summed E-state index contributed by atoms with van der Waals surface area (Å²) in [6.45, 7) is 3.22. The first kappa shape index (κ1) is 15.8. The van der Waals surface area contributed by atoms with Gasteiger partial charge in [0.05, 0.1) is 12.3 Å². The van der Waals surface area contributed by atoms with Crippen LogP contribution in [0.3, 0.4) is 0 Å². The van der Waals surface area contributed by atoms with E-state index in [1.54, 1.807) is 0 Å². The maximum absolute atomic E-state index is 11.8. The number of nitrogens with zero attached hydrogens (tertiary/aromatic N) is 6. The summed E-state index contributed by atoms with van der Waals surface area (Å²) in [4.78, 5) is 13.7. The quantitative estimate of drug-likeness (QED) is 0.246. The van der Waals surface area contributed by atoms with Crippen LogP contribution in [0.2, 0.25) is 0 Å². The second kappa shape index (κ2) is 6.93. The van der Waals surface area contributed by atoms with E-state index < -0.39 is 5.91 Å². The first-order chi connectivity index (χ1) is 10.6. The van der Waals surface area contributed by atoms with Gasteiger partial charge in [-0.05, 0) is 16.9 Å². The molecule has 0 spiro atoms. The first-order valence-electron chi connectivity index (χ1n) is 6.49. The highest BCUT2D eigenvalue weighted by atomic mass is 16.6. The van der Waals surface area contributed by atoms with Crippen LogP contribution in [0.4, 0.5) is 5.82 Å². The fourth-order valence-corrected chi connectivity index (χ4v) is 1.90. The van der Waals surface area contributed by atoms with Gasteiger partial charge < -0.3 is 10.8 Å². The molecular weight excluding hydrogens is 294 g/mol. The second-order valence-corrected chi connectivity index (χ2v) is 4.34. The van der Waals surface area contributed by atoms with Gasteiger partial charge in [-0.25, -0.2) is 10.5 Å². The van der Waals surface area contributed by atoms with Crippen molar-refractivity contribution in [3.05, 3.63) is 11.4 Å². The summed E-state index contributed by atoms with van der Waals surface area (Å²) < 4.78 is 5.80. The fraction of sp³-hybridized carbons (Fsp3) is 0.500. The van der Waals surface area contributed by atoms with Crippen molar-refractivity contribution in [1.82, 2.24) is 35.6 Å². The molecule has 0 fully saturated rings. The number of nitrogen functional groups attached to an aromatic ring is 2. The first-order valence-corrected chi connectivity index (χ1v) is 6.49. The third-order valence-corrected chi connectivity index (χ3v) is 3.04. The highest BCUT2D eigenvalue weighted by Crippen LogP contribution is 2.17. The minimum Gasteiger partial charge on any atom is -0.395 e. The molecule has 2 aromatic rings. The lowest BCUT2D eigenvalue weighted by Crippen LogP contribution is -2.33. The number of likely N-dealkylation sites (N-methyl/N-ethyl adjacent to an activating group) is 1. The number of hydrazine groups is 1. The van der Waals surface area contributed by atoms with Crippen molar-refractivity contribution < 1.29 is 14.5 Å². The van der Waals surface area contributed by atoms with Crippen molar-refractivity contribution in [1.29, 1.82) is 0 Å². The number of aliphatic hydroxyl groups excluding tert-OH is 1. The largest absolute Gasteiger partial charge is 0.395 e. The van der Waals surface area contributed by atoms with Crippen molar-refractivity contribution >= 4 is 11.7 Å². The van der Waals surface area contributed by atoms with E-state index in [-0.39, 0.29) is 30.5 Å². The van der Waals surface area contributed by atoms with Crippen molar-refractivity contribution in [2.45, 2.75) is 13.5 Å². The maximum atomic E-state index is 11.8. The zero-order valence-corrected chi connectivity index (χ0v) is 11.9. The maximum Gasteiger partial charge on any atom is 0.287 e. The molecule has 0 radical (unpaired) electrons. The van der Waals surface area contributed by atoms with E-state index in [0.29, 0.717) is 18.8 Å². The molecular formula is C10H17N9O3. The Labute approximate surface area is 125 Å². The van der Waals surface area contributed by atoms with Gasteiger partial charge in [-0.3, -0.25) is 15.1 Å². The molecule has 6 N–H and O–H groups in total. The summed E-state index contributed by atoms with van der Waals surface area (Å²) in [7, 11) is 0. The number of carbonyl (C=O) groups excluding carboxylic acids is 1. The third-order valence-electron chi connectivity index (χ3n) is 3.04. The Bertz CT molecular complexity index is 637. The number of amides is 1. The molecule has 0 aliphatic rings. The van der Waals surface area contributed by atoms with Gasteiger partial charge in [-0.1, -0.05) is 12.1 Å². The second-order valence-electron chi connectivity index (χ2n) is 4.34. The highest BCUT2D eigenvalue weighted by molar-refractivity contribution is 5.92. The molecule has 12 nitrogen and oxygen atoms in total. The number of hydrogen-bond acceptors (Lipinski definition) is 10. The number of carbonyl (C=O) groups is 1. The van der Waals surface area contributed by atoms with E-state index in [9.17, 15) is 4.79 Å². The predicted octanol–water partition coefficient (Wildman–Crippen LogP) is -2.35. The van der Waals surface area contributed by atoms with Gasteiger partial charge in [0.1, 0.15) is 0 Å². The molecule has 0 atom stereocenters. The van der Waals surface area contributed by atoms with E-state index in [2.05, 4.69) is 25.3 Å². The van der Waals surface area contributed by atoms with E-state index in [1.165, 1.54) is 4.68 Å². The molecule has 0 unspecified atom stereocenters. The average Bonchev–Trinajstić information content (AvgIpc) is 3.11. The Morgan fingerprint density at radius 1 is 1.50 bits per heavy atom. The molecule has 2 rings (SSSR count). The lowest BCUT2D eigenvalue weighted by atomic mass is 10.2. The summed E-state index contributed by atoms with van der Waals surface area (Å²) in [6, 6.07) is 0. The Kier molecular flexibility index (Phi) is 4.98. The third kappa shape index (κ3) is 3.03. The monoisotopic (exact) mass is 311 g/mol. The molecule has 2 heterocycles. The van der Waals surface area contributed by atoms with E-state index in [0.717, 1.165) is 0 Å². The molecule has 0 saturated heterocycles. The van der Waals surface area contributed by atoms with Gasteiger partial charge in [0, 0.05) is 13.1 Å². The van der Waals surface area contributed by atoms with Gasteiger partial charge >= 0.3 is 0 Å². The minimum absolute atomic E-state index is 0.0102. The molecule has 12 heteroatoms. The molecule has 2 aromatic heterocycles. The lowest BCUT2D eigenvalue weighted by Gasteiger charge is -2.19. The number of hydrogen-bond donors (Lipinski definition) is 4. The van der Waals surface area contributed by atoms with Crippen molar-refractivity contribution in [2.75, 3.05) is 25.4 Å². The normalized spacial score (nSPS) is 11.1. The standard InChI is InChI=1S/C10H17N9O3/c1-2-18(3-4-20)5-6-7(10(21)13-12)14-17-19(6)9-8(11)15-22-16-9/h20H,2-5,12H2,1H3,(H2,11,15)(H,13,21). The van der Waals surface area contributed by atoms with E-state index >= 15 is 0 Å². The molecule has 0 bridgehead atoms. The lowest BCUT2D eigenvalue weighted by molar-refractivity contribution is 0.0946. The average molecular weight is 311 g/mol. The van der Waals surface area contributed by atoms with Crippen LogP contribution in [0.15, 0.2) is 4.63 Å². The number of aliphatic hydroxyl groups is 1. The van der Waals surface area contributed by atoms with Crippen molar-refractivity contribution in [3.63, 3.8) is 0 Å².